The summed E-state index contributed by atoms with van der Waals surface area (Å²) in [6.45, 7) is 3.91. The fraction of sp³-hybridized carbons (Fsp3) is 0.235. The summed E-state index contributed by atoms with van der Waals surface area (Å²) in [4.78, 5) is 10.6. The van der Waals surface area contributed by atoms with Gasteiger partial charge in [-0.3, -0.25) is 15.5 Å². The van der Waals surface area contributed by atoms with Crippen molar-refractivity contribution in [3.63, 3.8) is 0 Å². The van der Waals surface area contributed by atoms with Crippen molar-refractivity contribution >= 4 is 50.8 Å². The Balaban J connectivity index is 2.36. The summed E-state index contributed by atoms with van der Waals surface area (Å²) >= 11 is 12.1. The number of sulfonamides is 1. The van der Waals surface area contributed by atoms with Gasteiger partial charge in [-0.15, -0.1) is 0 Å². The zero-order chi connectivity index (χ0) is 20.9. The van der Waals surface area contributed by atoms with Gasteiger partial charge < -0.3 is 0 Å². The Hall–Kier alpha value is -2.20. The van der Waals surface area contributed by atoms with Gasteiger partial charge in [-0.1, -0.05) is 43.1 Å². The smallest absolute Gasteiger partial charge is 0.272 e. The van der Waals surface area contributed by atoms with Crippen LogP contribution in [0.25, 0.3) is 0 Å². The molecular weight excluding hydrogens is 427 g/mol. The molecule has 11 heteroatoms. The fourth-order valence-corrected chi connectivity index (χ4v) is 4.40. The lowest BCUT2D eigenvalue weighted by atomic mass is 10.2. The molecule has 0 atom stereocenters. The minimum atomic E-state index is -3.82. The highest BCUT2D eigenvalue weighted by Crippen LogP contribution is 2.29. The maximum absolute atomic E-state index is 12.6. The van der Waals surface area contributed by atoms with Crippen LogP contribution < -0.4 is 5.43 Å². The second kappa shape index (κ2) is 9.33. The number of hydrogen-bond donors (Lipinski definition) is 1. The predicted molar refractivity (Wildman–Crippen MR) is 111 cm³/mol. The van der Waals surface area contributed by atoms with Crippen LogP contribution in [0.1, 0.15) is 19.4 Å². The molecular formula is C17H18Cl2N4O4S. The van der Waals surface area contributed by atoms with Crippen LogP contribution in [0, 0.1) is 10.1 Å². The summed E-state index contributed by atoms with van der Waals surface area (Å²) in [7, 11) is -3.82. The molecule has 0 heterocycles. The maximum Gasteiger partial charge on any atom is 0.295 e. The van der Waals surface area contributed by atoms with Crippen molar-refractivity contribution in [1.29, 1.82) is 0 Å². The van der Waals surface area contributed by atoms with Gasteiger partial charge in [-0.2, -0.15) is 9.41 Å². The molecule has 0 bridgehead atoms. The van der Waals surface area contributed by atoms with E-state index in [1.54, 1.807) is 32.0 Å². The number of nitro benzene ring substituents is 1. The van der Waals surface area contributed by atoms with E-state index in [0.29, 0.717) is 15.6 Å². The molecule has 0 spiro atoms. The Morgan fingerprint density at radius 2 is 1.79 bits per heavy atom. The molecule has 0 radical (unpaired) electrons. The molecule has 8 nitrogen and oxygen atoms in total. The first kappa shape index (κ1) is 22.1. The minimum Gasteiger partial charge on any atom is -0.272 e. The molecule has 0 saturated carbocycles. The standard InChI is InChI=1S/C17H18Cl2N4O4S/c1-3-22(4-2)28(26,27)12-8-9-16(17(10-12)23(24)25)21-20-11-13-14(18)6-5-7-15(13)19/h5-11,21H,3-4H2,1-2H3/b20-11+. The van der Waals surface area contributed by atoms with Crippen LogP contribution in [0.3, 0.4) is 0 Å². The lowest BCUT2D eigenvalue weighted by molar-refractivity contribution is -0.384. The van der Waals surface area contributed by atoms with Crippen LogP contribution in [-0.4, -0.2) is 37.0 Å². The van der Waals surface area contributed by atoms with Gasteiger partial charge in [0.1, 0.15) is 5.69 Å². The van der Waals surface area contributed by atoms with E-state index in [4.69, 9.17) is 23.2 Å². The number of nitrogens with one attached hydrogen (secondary N) is 1. The molecule has 2 aromatic carbocycles. The number of hydrazone groups is 1. The highest BCUT2D eigenvalue weighted by molar-refractivity contribution is 7.89. The van der Waals surface area contributed by atoms with E-state index in [-0.39, 0.29) is 23.7 Å². The van der Waals surface area contributed by atoms with E-state index < -0.39 is 20.6 Å². The minimum absolute atomic E-state index is 0.0305. The Kier molecular flexibility index (Phi) is 7.36. The van der Waals surface area contributed by atoms with Crippen molar-refractivity contribution in [3.8, 4) is 0 Å². The van der Waals surface area contributed by atoms with Crippen LogP contribution in [0.15, 0.2) is 46.4 Å². The summed E-state index contributed by atoms with van der Waals surface area (Å²) in [6.07, 6.45) is 1.33. The molecule has 0 aliphatic heterocycles. The highest BCUT2D eigenvalue weighted by atomic mass is 35.5. The number of nitro groups is 1. The van der Waals surface area contributed by atoms with E-state index >= 15 is 0 Å². The van der Waals surface area contributed by atoms with Gasteiger partial charge in [0.2, 0.25) is 10.0 Å². The van der Waals surface area contributed by atoms with Gasteiger partial charge in [0, 0.05) is 24.7 Å². The Bertz CT molecular complexity index is 988. The number of benzene rings is 2. The van der Waals surface area contributed by atoms with E-state index in [9.17, 15) is 18.5 Å². The van der Waals surface area contributed by atoms with Crippen molar-refractivity contribution in [1.82, 2.24) is 4.31 Å². The van der Waals surface area contributed by atoms with E-state index in [0.717, 1.165) is 6.07 Å². The molecule has 0 unspecified atom stereocenters. The molecule has 0 saturated heterocycles. The van der Waals surface area contributed by atoms with Gasteiger partial charge in [-0.05, 0) is 24.3 Å². The number of rotatable bonds is 8. The summed E-state index contributed by atoms with van der Waals surface area (Å²) in [5.74, 6) is 0. The second-order valence-corrected chi connectivity index (χ2v) is 8.28. The first-order valence-electron chi connectivity index (χ1n) is 8.24. The first-order chi connectivity index (χ1) is 13.2. The number of anilines is 1. The fourth-order valence-electron chi connectivity index (χ4n) is 2.43. The molecule has 0 amide bonds. The molecule has 0 aliphatic carbocycles. The average Bonchev–Trinajstić information content (AvgIpc) is 2.64. The summed E-state index contributed by atoms with van der Waals surface area (Å²) in [6, 6.07) is 8.53. The Morgan fingerprint density at radius 1 is 1.18 bits per heavy atom. The maximum atomic E-state index is 12.6. The van der Waals surface area contributed by atoms with Crippen molar-refractivity contribution in [2.75, 3.05) is 18.5 Å². The van der Waals surface area contributed by atoms with E-state index in [1.807, 2.05) is 0 Å². The molecule has 150 valence electrons. The zero-order valence-electron chi connectivity index (χ0n) is 15.1. The monoisotopic (exact) mass is 444 g/mol. The largest absolute Gasteiger partial charge is 0.295 e. The highest BCUT2D eigenvalue weighted by Gasteiger charge is 2.25. The van der Waals surface area contributed by atoms with Crippen molar-refractivity contribution in [2.45, 2.75) is 18.7 Å². The molecule has 0 aromatic heterocycles. The quantitative estimate of drug-likeness (QED) is 0.369. The van der Waals surface area contributed by atoms with Gasteiger partial charge in [0.15, 0.2) is 0 Å². The zero-order valence-corrected chi connectivity index (χ0v) is 17.4. The third-order valence-electron chi connectivity index (χ3n) is 3.89. The SMILES string of the molecule is CCN(CC)S(=O)(=O)c1ccc(N/N=C/c2c(Cl)cccc2Cl)c([N+](=O)[O-])c1. The number of nitrogens with zero attached hydrogens (tertiary/aromatic N) is 3. The molecule has 2 aromatic rings. The summed E-state index contributed by atoms with van der Waals surface area (Å²) in [5, 5.41) is 16.1. The third-order valence-corrected chi connectivity index (χ3v) is 6.59. The summed E-state index contributed by atoms with van der Waals surface area (Å²) < 4.78 is 26.4. The predicted octanol–water partition coefficient (Wildman–Crippen LogP) is 4.38. The molecule has 28 heavy (non-hydrogen) atoms. The topological polar surface area (TPSA) is 105 Å². The van der Waals surface area contributed by atoms with Gasteiger partial charge >= 0.3 is 0 Å². The van der Waals surface area contributed by atoms with E-state index in [1.165, 1.54) is 22.7 Å². The lowest BCUT2D eigenvalue weighted by Crippen LogP contribution is -2.30. The lowest BCUT2D eigenvalue weighted by Gasteiger charge is -2.18. The van der Waals surface area contributed by atoms with Crippen molar-refractivity contribution in [3.05, 3.63) is 62.1 Å². The molecule has 2 rings (SSSR count). The van der Waals surface area contributed by atoms with Gasteiger partial charge in [0.25, 0.3) is 5.69 Å². The van der Waals surface area contributed by atoms with Crippen LogP contribution in [0.2, 0.25) is 10.0 Å². The number of halogens is 2. The average molecular weight is 445 g/mol. The van der Waals surface area contributed by atoms with Crippen LogP contribution in [0.5, 0.6) is 0 Å². The van der Waals surface area contributed by atoms with Crippen molar-refractivity contribution < 1.29 is 13.3 Å². The normalized spacial score (nSPS) is 11.9. The molecule has 0 aliphatic rings. The number of hydrogen-bond acceptors (Lipinski definition) is 6. The van der Waals surface area contributed by atoms with E-state index in [2.05, 4.69) is 10.5 Å². The van der Waals surface area contributed by atoms with Crippen LogP contribution in [-0.2, 0) is 10.0 Å². The second-order valence-electron chi connectivity index (χ2n) is 5.53. The van der Waals surface area contributed by atoms with Gasteiger partial charge in [-0.25, -0.2) is 8.42 Å². The van der Waals surface area contributed by atoms with Gasteiger partial charge in [0.05, 0.1) is 26.1 Å². The Labute approximate surface area is 173 Å². The Morgan fingerprint density at radius 3 is 2.32 bits per heavy atom. The summed E-state index contributed by atoms with van der Waals surface area (Å²) in [5.41, 5.74) is 2.59. The molecule has 1 N–H and O–H groups in total. The van der Waals surface area contributed by atoms with Crippen molar-refractivity contribution in [2.24, 2.45) is 5.10 Å². The molecule has 0 fully saturated rings. The van der Waals surface area contributed by atoms with Crippen LogP contribution >= 0.6 is 23.2 Å². The first-order valence-corrected chi connectivity index (χ1v) is 10.4. The third kappa shape index (κ3) is 4.79. The van der Waals surface area contributed by atoms with Crippen LogP contribution in [0.4, 0.5) is 11.4 Å².